The maximum Gasteiger partial charge on any atom is 0.157 e. The Morgan fingerprint density at radius 1 is 1.27 bits per heavy atom. The Hall–Kier alpha value is -1.55. The lowest BCUT2D eigenvalue weighted by atomic mass is 10.2. The number of aryl methyl sites for hydroxylation is 2. The van der Waals surface area contributed by atoms with Crippen LogP contribution in [-0.2, 0) is 0 Å². The summed E-state index contributed by atoms with van der Waals surface area (Å²) < 4.78 is 0.588. The van der Waals surface area contributed by atoms with Crippen LogP contribution in [0.1, 0.15) is 11.3 Å². The van der Waals surface area contributed by atoms with Crippen LogP contribution in [0.2, 0.25) is 0 Å². The van der Waals surface area contributed by atoms with Gasteiger partial charge in [0.05, 0.1) is 0 Å². The van der Waals surface area contributed by atoms with Crippen molar-refractivity contribution in [2.24, 2.45) is 0 Å². The molecule has 0 aliphatic carbocycles. The Morgan fingerprint density at radius 3 is 2.73 bits per heavy atom. The molecule has 2 rings (SSSR count). The molecule has 0 bridgehead atoms. The van der Waals surface area contributed by atoms with Crippen molar-refractivity contribution in [3.05, 3.63) is 40.3 Å². The maximum absolute atomic E-state index is 5.06. The highest BCUT2D eigenvalue weighted by Crippen LogP contribution is 2.12. The summed E-state index contributed by atoms with van der Waals surface area (Å²) in [5.41, 5.74) is 2.97. The topological polar surface area (TPSA) is 41.6 Å². The van der Waals surface area contributed by atoms with Gasteiger partial charge in [0, 0.05) is 11.9 Å². The molecule has 0 saturated carbocycles. The minimum Gasteiger partial charge on any atom is -0.342 e. The van der Waals surface area contributed by atoms with E-state index in [-0.39, 0.29) is 0 Å². The summed E-state index contributed by atoms with van der Waals surface area (Å²) in [4.78, 5) is 11.6. The number of nitrogens with zero attached hydrogens (tertiary/aromatic N) is 2. The first-order valence-electron chi connectivity index (χ1n) is 4.66. The molecule has 3 nitrogen and oxygen atoms in total. The van der Waals surface area contributed by atoms with Crippen LogP contribution in [-0.4, -0.2) is 15.0 Å². The number of aromatic amines is 1. The molecule has 2 heterocycles. The number of nitrogens with one attached hydrogen (secondary N) is 1. The molecule has 76 valence electrons. The molecule has 0 aliphatic rings. The average Bonchev–Trinajstić information content (AvgIpc) is 2.16. The molecule has 15 heavy (non-hydrogen) atoms. The molecule has 1 N–H and O–H groups in total. The van der Waals surface area contributed by atoms with E-state index in [0.717, 1.165) is 22.8 Å². The number of hydrogen-bond donors (Lipinski definition) is 1. The lowest BCUT2D eigenvalue weighted by molar-refractivity contribution is 1.07. The number of pyridine rings is 1. The molecule has 4 heteroatoms. The molecule has 0 aromatic carbocycles. The van der Waals surface area contributed by atoms with Crippen LogP contribution < -0.4 is 0 Å². The SMILES string of the molecule is Cc1ccnc(-c2nc(=S)cc(C)[nH]2)c1. The first kappa shape index (κ1) is 9.98. The van der Waals surface area contributed by atoms with Gasteiger partial charge in [-0.2, -0.15) is 0 Å². The van der Waals surface area contributed by atoms with E-state index in [1.54, 1.807) is 6.20 Å². The summed E-state index contributed by atoms with van der Waals surface area (Å²) in [7, 11) is 0. The van der Waals surface area contributed by atoms with Gasteiger partial charge in [-0.25, -0.2) is 4.98 Å². The van der Waals surface area contributed by atoms with Crippen molar-refractivity contribution in [3.8, 4) is 11.5 Å². The predicted molar refractivity (Wildman–Crippen MR) is 62.1 cm³/mol. The zero-order chi connectivity index (χ0) is 10.8. The van der Waals surface area contributed by atoms with Gasteiger partial charge in [0.25, 0.3) is 0 Å². The van der Waals surface area contributed by atoms with Crippen molar-refractivity contribution >= 4 is 12.2 Å². The van der Waals surface area contributed by atoms with E-state index in [2.05, 4.69) is 15.0 Å². The van der Waals surface area contributed by atoms with Crippen molar-refractivity contribution in [3.63, 3.8) is 0 Å². The molecular formula is C11H11N3S. The molecule has 0 radical (unpaired) electrons. The van der Waals surface area contributed by atoms with Crippen molar-refractivity contribution in [1.82, 2.24) is 15.0 Å². The molecule has 0 amide bonds. The zero-order valence-electron chi connectivity index (χ0n) is 8.61. The summed E-state index contributed by atoms with van der Waals surface area (Å²) >= 11 is 5.06. The Kier molecular flexibility index (Phi) is 2.60. The Labute approximate surface area is 93.2 Å². The van der Waals surface area contributed by atoms with E-state index >= 15 is 0 Å². The Morgan fingerprint density at radius 2 is 2.07 bits per heavy atom. The molecule has 0 spiro atoms. The van der Waals surface area contributed by atoms with E-state index in [0.29, 0.717) is 4.64 Å². The number of rotatable bonds is 1. The monoisotopic (exact) mass is 217 g/mol. The van der Waals surface area contributed by atoms with Gasteiger partial charge >= 0.3 is 0 Å². The normalized spacial score (nSPS) is 10.3. The Bertz CT molecular complexity index is 546. The van der Waals surface area contributed by atoms with E-state index < -0.39 is 0 Å². The van der Waals surface area contributed by atoms with Crippen LogP contribution in [0.15, 0.2) is 24.4 Å². The smallest absolute Gasteiger partial charge is 0.157 e. The highest BCUT2D eigenvalue weighted by Gasteiger charge is 2.01. The molecule has 2 aromatic rings. The number of aromatic nitrogens is 3. The second kappa shape index (κ2) is 3.90. The van der Waals surface area contributed by atoms with Crippen LogP contribution >= 0.6 is 12.2 Å². The highest BCUT2D eigenvalue weighted by molar-refractivity contribution is 7.71. The molecule has 0 unspecified atom stereocenters. The third kappa shape index (κ3) is 2.27. The van der Waals surface area contributed by atoms with Gasteiger partial charge in [-0.3, -0.25) is 4.98 Å². The van der Waals surface area contributed by atoms with Crippen LogP contribution in [0.5, 0.6) is 0 Å². The van der Waals surface area contributed by atoms with Crippen molar-refractivity contribution in [1.29, 1.82) is 0 Å². The summed E-state index contributed by atoms with van der Waals surface area (Å²) in [6, 6.07) is 5.76. The molecule has 0 fully saturated rings. The van der Waals surface area contributed by atoms with Crippen molar-refractivity contribution in [2.45, 2.75) is 13.8 Å². The molecule has 0 atom stereocenters. The standard InChI is InChI=1S/C11H11N3S/c1-7-3-4-12-9(5-7)11-13-8(2)6-10(15)14-11/h3-6H,1-2H3,(H,13,14,15). The molecular weight excluding hydrogens is 206 g/mol. The second-order valence-electron chi connectivity index (χ2n) is 3.47. The fourth-order valence-electron chi connectivity index (χ4n) is 1.37. The van der Waals surface area contributed by atoms with Crippen molar-refractivity contribution < 1.29 is 0 Å². The number of H-pyrrole nitrogens is 1. The maximum atomic E-state index is 5.06. The van der Waals surface area contributed by atoms with Gasteiger partial charge in [0.15, 0.2) is 5.82 Å². The van der Waals surface area contributed by atoms with Gasteiger partial charge in [-0.1, -0.05) is 12.2 Å². The van der Waals surface area contributed by atoms with E-state index in [4.69, 9.17) is 12.2 Å². The Balaban J connectivity index is 2.59. The first-order chi connectivity index (χ1) is 7.15. The fraction of sp³-hybridized carbons (Fsp3) is 0.182. The van der Waals surface area contributed by atoms with Crippen LogP contribution in [0.4, 0.5) is 0 Å². The quantitative estimate of drug-likeness (QED) is 0.747. The minimum absolute atomic E-state index is 0.588. The van der Waals surface area contributed by atoms with Gasteiger partial charge in [-0.05, 0) is 37.6 Å². The third-order valence-corrected chi connectivity index (χ3v) is 2.24. The average molecular weight is 217 g/mol. The van der Waals surface area contributed by atoms with Crippen LogP contribution in [0, 0.1) is 18.5 Å². The second-order valence-corrected chi connectivity index (χ2v) is 3.89. The fourth-order valence-corrected chi connectivity index (χ4v) is 1.63. The van der Waals surface area contributed by atoms with Gasteiger partial charge < -0.3 is 4.98 Å². The number of hydrogen-bond acceptors (Lipinski definition) is 3. The van der Waals surface area contributed by atoms with Gasteiger partial charge in [0.2, 0.25) is 0 Å². The lowest BCUT2D eigenvalue weighted by Crippen LogP contribution is -1.94. The van der Waals surface area contributed by atoms with Crippen LogP contribution in [0.3, 0.4) is 0 Å². The minimum atomic E-state index is 0.588. The molecule has 2 aromatic heterocycles. The molecule has 0 saturated heterocycles. The van der Waals surface area contributed by atoms with Crippen LogP contribution in [0.25, 0.3) is 11.5 Å². The highest BCUT2D eigenvalue weighted by atomic mass is 32.1. The summed E-state index contributed by atoms with van der Waals surface area (Å²) in [5.74, 6) is 0.726. The zero-order valence-corrected chi connectivity index (χ0v) is 9.43. The predicted octanol–water partition coefficient (Wildman–Crippen LogP) is 2.82. The third-order valence-electron chi connectivity index (χ3n) is 2.04. The van der Waals surface area contributed by atoms with Gasteiger partial charge in [0.1, 0.15) is 10.3 Å². The van der Waals surface area contributed by atoms with E-state index in [1.165, 1.54) is 0 Å². The lowest BCUT2D eigenvalue weighted by Gasteiger charge is -2.02. The van der Waals surface area contributed by atoms with Gasteiger partial charge in [-0.15, -0.1) is 0 Å². The van der Waals surface area contributed by atoms with Crippen molar-refractivity contribution in [2.75, 3.05) is 0 Å². The molecule has 0 aliphatic heterocycles. The largest absolute Gasteiger partial charge is 0.342 e. The summed E-state index contributed by atoms with van der Waals surface area (Å²) in [6.45, 7) is 3.98. The summed E-state index contributed by atoms with van der Waals surface area (Å²) in [6.07, 6.45) is 1.77. The first-order valence-corrected chi connectivity index (χ1v) is 5.07. The van der Waals surface area contributed by atoms with E-state index in [9.17, 15) is 0 Å². The van der Waals surface area contributed by atoms with E-state index in [1.807, 2.05) is 32.0 Å². The summed E-state index contributed by atoms with van der Waals surface area (Å²) in [5, 5.41) is 0.